The topological polar surface area (TPSA) is 24.9 Å². The molecule has 0 bridgehead atoms. The van der Waals surface area contributed by atoms with Crippen molar-refractivity contribution in [1.29, 1.82) is 0 Å². The van der Waals surface area contributed by atoms with Crippen molar-refractivity contribution in [3.8, 4) is 0 Å². The summed E-state index contributed by atoms with van der Waals surface area (Å²) in [5.41, 5.74) is 0.864. The van der Waals surface area contributed by atoms with E-state index in [1.165, 1.54) is 17.1 Å². The molecule has 0 saturated carbocycles. The van der Waals surface area contributed by atoms with Gasteiger partial charge < -0.3 is 5.32 Å². The van der Waals surface area contributed by atoms with E-state index in [0.717, 1.165) is 5.56 Å². The first-order valence-corrected chi connectivity index (χ1v) is 6.00. The SMILES string of the molecule is C[C@H](NCc1cncc(F)c1)c1cccs1. The van der Waals surface area contributed by atoms with Gasteiger partial charge in [0.15, 0.2) is 0 Å². The second kappa shape index (κ2) is 5.18. The number of halogens is 1. The van der Waals surface area contributed by atoms with E-state index in [4.69, 9.17) is 0 Å². The van der Waals surface area contributed by atoms with E-state index in [1.54, 1.807) is 17.5 Å². The molecule has 0 radical (unpaired) electrons. The molecule has 2 rings (SSSR count). The molecule has 0 fully saturated rings. The Morgan fingerprint density at radius 1 is 1.50 bits per heavy atom. The van der Waals surface area contributed by atoms with Crippen LogP contribution in [-0.4, -0.2) is 4.98 Å². The maximum atomic E-state index is 12.9. The number of pyridine rings is 1. The van der Waals surface area contributed by atoms with Crippen LogP contribution in [0.2, 0.25) is 0 Å². The summed E-state index contributed by atoms with van der Waals surface area (Å²) in [6.07, 6.45) is 2.89. The fraction of sp³-hybridized carbons (Fsp3) is 0.250. The zero-order valence-electron chi connectivity index (χ0n) is 8.98. The Balaban J connectivity index is 1.92. The van der Waals surface area contributed by atoms with Crippen molar-refractivity contribution in [2.24, 2.45) is 0 Å². The molecule has 2 nitrogen and oxygen atoms in total. The summed E-state index contributed by atoms with van der Waals surface area (Å²) in [6.45, 7) is 2.72. The molecule has 0 aliphatic carbocycles. The first-order chi connectivity index (χ1) is 7.75. The minimum atomic E-state index is -0.289. The van der Waals surface area contributed by atoms with E-state index in [-0.39, 0.29) is 11.9 Å². The standard InChI is InChI=1S/C12H13FN2S/c1-9(12-3-2-4-16-12)15-7-10-5-11(13)8-14-6-10/h2-6,8-9,15H,7H2,1H3/t9-/m0/s1. The number of hydrogen-bond donors (Lipinski definition) is 1. The number of aromatic nitrogens is 1. The molecule has 0 aliphatic heterocycles. The molecule has 1 atom stereocenters. The van der Waals surface area contributed by atoms with Crippen molar-refractivity contribution in [2.75, 3.05) is 0 Å². The molecule has 16 heavy (non-hydrogen) atoms. The first-order valence-electron chi connectivity index (χ1n) is 5.12. The fourth-order valence-electron chi connectivity index (χ4n) is 1.46. The van der Waals surface area contributed by atoms with Crippen molar-refractivity contribution in [2.45, 2.75) is 19.5 Å². The maximum absolute atomic E-state index is 12.9. The summed E-state index contributed by atoms with van der Waals surface area (Å²) in [5.74, 6) is -0.289. The van der Waals surface area contributed by atoms with Gasteiger partial charge in [-0.05, 0) is 30.0 Å². The number of thiophene rings is 1. The van der Waals surface area contributed by atoms with Gasteiger partial charge in [-0.2, -0.15) is 0 Å². The molecule has 0 amide bonds. The largest absolute Gasteiger partial charge is 0.305 e. The Hall–Kier alpha value is -1.26. The summed E-state index contributed by atoms with van der Waals surface area (Å²) in [5, 5.41) is 5.39. The van der Waals surface area contributed by atoms with Gasteiger partial charge >= 0.3 is 0 Å². The molecule has 2 heterocycles. The normalized spacial score (nSPS) is 12.6. The third-order valence-corrected chi connectivity index (χ3v) is 3.40. The second-order valence-electron chi connectivity index (χ2n) is 3.63. The predicted octanol–water partition coefficient (Wildman–Crippen LogP) is 3.13. The molecule has 0 aliphatic rings. The second-order valence-corrected chi connectivity index (χ2v) is 4.61. The number of hydrogen-bond acceptors (Lipinski definition) is 3. The van der Waals surface area contributed by atoms with Gasteiger partial charge in [-0.25, -0.2) is 4.39 Å². The average Bonchev–Trinajstić information content (AvgIpc) is 2.79. The lowest BCUT2D eigenvalue weighted by Crippen LogP contribution is -2.17. The Labute approximate surface area is 98.2 Å². The molecular weight excluding hydrogens is 223 g/mol. The summed E-state index contributed by atoms with van der Waals surface area (Å²) >= 11 is 1.72. The minimum absolute atomic E-state index is 0.281. The molecule has 0 saturated heterocycles. The quantitative estimate of drug-likeness (QED) is 0.882. The summed E-state index contributed by atoms with van der Waals surface area (Å²) in [4.78, 5) is 5.09. The Bertz CT molecular complexity index is 442. The van der Waals surface area contributed by atoms with Crippen molar-refractivity contribution < 1.29 is 4.39 Å². The molecule has 2 aromatic heterocycles. The van der Waals surface area contributed by atoms with Gasteiger partial charge in [-0.15, -0.1) is 11.3 Å². The van der Waals surface area contributed by atoms with Gasteiger partial charge in [-0.1, -0.05) is 6.07 Å². The van der Waals surface area contributed by atoms with Gasteiger partial charge in [0.25, 0.3) is 0 Å². The van der Waals surface area contributed by atoms with Gasteiger partial charge in [-0.3, -0.25) is 4.98 Å². The van der Waals surface area contributed by atoms with E-state index in [0.29, 0.717) is 6.54 Å². The van der Waals surface area contributed by atoms with Crippen LogP contribution in [0.5, 0.6) is 0 Å². The highest BCUT2D eigenvalue weighted by Gasteiger charge is 2.05. The number of rotatable bonds is 4. The number of nitrogens with one attached hydrogen (secondary N) is 1. The summed E-state index contributed by atoms with van der Waals surface area (Å²) in [6, 6.07) is 5.90. The van der Waals surface area contributed by atoms with Crippen LogP contribution < -0.4 is 5.32 Å². The van der Waals surface area contributed by atoms with E-state index < -0.39 is 0 Å². The molecule has 0 spiro atoms. The van der Waals surface area contributed by atoms with Crippen LogP contribution in [0.3, 0.4) is 0 Å². The van der Waals surface area contributed by atoms with Crippen molar-refractivity contribution in [3.63, 3.8) is 0 Å². The lowest BCUT2D eigenvalue weighted by molar-refractivity contribution is 0.573. The Morgan fingerprint density at radius 2 is 2.38 bits per heavy atom. The zero-order valence-corrected chi connectivity index (χ0v) is 9.80. The van der Waals surface area contributed by atoms with E-state index in [1.807, 2.05) is 6.07 Å². The molecule has 2 aromatic rings. The van der Waals surface area contributed by atoms with Gasteiger partial charge in [0.05, 0.1) is 6.20 Å². The fourth-order valence-corrected chi connectivity index (χ4v) is 2.22. The smallest absolute Gasteiger partial charge is 0.141 e. The Morgan fingerprint density at radius 3 is 3.06 bits per heavy atom. The van der Waals surface area contributed by atoms with Gasteiger partial charge in [0.1, 0.15) is 5.82 Å². The van der Waals surface area contributed by atoms with Crippen LogP contribution in [0.4, 0.5) is 4.39 Å². The first kappa shape index (κ1) is 11.2. The summed E-state index contributed by atoms with van der Waals surface area (Å²) < 4.78 is 12.9. The van der Waals surface area contributed by atoms with E-state index in [2.05, 4.69) is 28.7 Å². The zero-order chi connectivity index (χ0) is 11.4. The van der Waals surface area contributed by atoms with Gasteiger partial charge in [0.2, 0.25) is 0 Å². The molecule has 0 unspecified atom stereocenters. The molecule has 4 heteroatoms. The maximum Gasteiger partial charge on any atom is 0.141 e. The van der Waals surface area contributed by atoms with Gasteiger partial charge in [0, 0.05) is 23.7 Å². The van der Waals surface area contributed by atoms with Crippen molar-refractivity contribution in [3.05, 3.63) is 52.2 Å². The molecule has 1 N–H and O–H groups in total. The molecule has 0 aromatic carbocycles. The van der Waals surface area contributed by atoms with E-state index in [9.17, 15) is 4.39 Å². The van der Waals surface area contributed by atoms with Crippen molar-refractivity contribution in [1.82, 2.24) is 10.3 Å². The lowest BCUT2D eigenvalue weighted by atomic mass is 10.2. The van der Waals surface area contributed by atoms with Crippen LogP contribution in [0.1, 0.15) is 23.4 Å². The predicted molar refractivity (Wildman–Crippen MR) is 63.8 cm³/mol. The Kier molecular flexibility index (Phi) is 3.64. The third-order valence-electron chi connectivity index (χ3n) is 2.34. The third kappa shape index (κ3) is 2.87. The monoisotopic (exact) mass is 236 g/mol. The van der Waals surface area contributed by atoms with E-state index >= 15 is 0 Å². The van der Waals surface area contributed by atoms with Crippen LogP contribution in [0.25, 0.3) is 0 Å². The van der Waals surface area contributed by atoms with Crippen LogP contribution in [0, 0.1) is 5.82 Å². The molecule has 84 valence electrons. The highest BCUT2D eigenvalue weighted by molar-refractivity contribution is 7.10. The summed E-state index contributed by atoms with van der Waals surface area (Å²) in [7, 11) is 0. The molecular formula is C12H13FN2S. The highest BCUT2D eigenvalue weighted by Crippen LogP contribution is 2.18. The van der Waals surface area contributed by atoms with Crippen LogP contribution in [-0.2, 0) is 6.54 Å². The highest BCUT2D eigenvalue weighted by atomic mass is 32.1. The van der Waals surface area contributed by atoms with Crippen molar-refractivity contribution >= 4 is 11.3 Å². The lowest BCUT2D eigenvalue weighted by Gasteiger charge is -2.11. The van der Waals surface area contributed by atoms with Crippen LogP contribution in [0.15, 0.2) is 36.0 Å². The minimum Gasteiger partial charge on any atom is -0.305 e. The van der Waals surface area contributed by atoms with Crippen LogP contribution >= 0.6 is 11.3 Å². The number of nitrogens with zero attached hydrogens (tertiary/aromatic N) is 1. The average molecular weight is 236 g/mol.